The van der Waals surface area contributed by atoms with Gasteiger partial charge < -0.3 is 19.9 Å². The van der Waals surface area contributed by atoms with Crippen LogP contribution in [0.15, 0.2) is 41.9 Å². The SMILES string of the molecule is Cc1cn(C[C@H]2CN(c3ccc(N4CCN(C(=O)CNC(=O)c5cccs5)CC4)c(F)c3)C(=O)O2)nn1. The normalized spacial score (nSPS) is 17.7. The molecule has 2 aromatic heterocycles. The minimum absolute atomic E-state index is 0.0801. The molecule has 0 radical (unpaired) electrons. The fourth-order valence-corrected chi connectivity index (χ4v) is 5.04. The molecule has 13 heteroatoms. The van der Waals surface area contributed by atoms with Crippen molar-refractivity contribution in [2.75, 3.05) is 49.1 Å². The molecule has 37 heavy (non-hydrogen) atoms. The molecule has 0 bridgehead atoms. The van der Waals surface area contributed by atoms with Gasteiger partial charge in [-0.1, -0.05) is 11.3 Å². The zero-order chi connectivity index (χ0) is 25.9. The van der Waals surface area contributed by atoms with E-state index in [1.54, 1.807) is 45.4 Å². The predicted molar refractivity (Wildman–Crippen MR) is 134 cm³/mol. The van der Waals surface area contributed by atoms with Crippen LogP contribution in [0.2, 0.25) is 0 Å². The Labute approximate surface area is 216 Å². The van der Waals surface area contributed by atoms with Crippen molar-refractivity contribution >= 4 is 40.6 Å². The van der Waals surface area contributed by atoms with Gasteiger partial charge in [-0.25, -0.2) is 13.9 Å². The number of halogens is 1. The van der Waals surface area contributed by atoms with Crippen molar-refractivity contribution in [1.82, 2.24) is 25.2 Å². The van der Waals surface area contributed by atoms with Gasteiger partial charge in [0, 0.05) is 32.4 Å². The van der Waals surface area contributed by atoms with Gasteiger partial charge in [0.2, 0.25) is 5.91 Å². The van der Waals surface area contributed by atoms with E-state index in [1.807, 2.05) is 11.8 Å². The maximum atomic E-state index is 15.1. The molecule has 0 aliphatic carbocycles. The Morgan fingerprint density at radius 3 is 2.70 bits per heavy atom. The fourth-order valence-electron chi connectivity index (χ4n) is 4.40. The number of hydrogen-bond acceptors (Lipinski definition) is 8. The van der Waals surface area contributed by atoms with E-state index >= 15 is 4.39 Å². The van der Waals surface area contributed by atoms with Crippen LogP contribution in [0.4, 0.5) is 20.6 Å². The molecule has 2 fully saturated rings. The van der Waals surface area contributed by atoms with Crippen LogP contribution in [0.3, 0.4) is 0 Å². The van der Waals surface area contributed by atoms with E-state index in [4.69, 9.17) is 4.74 Å². The van der Waals surface area contributed by atoms with Crippen LogP contribution in [0.25, 0.3) is 0 Å². The average molecular weight is 528 g/mol. The number of anilines is 2. The average Bonchev–Trinajstić information content (AvgIpc) is 3.65. The number of amides is 3. The summed E-state index contributed by atoms with van der Waals surface area (Å²) in [7, 11) is 0. The third-order valence-corrected chi connectivity index (χ3v) is 7.15. The lowest BCUT2D eigenvalue weighted by Gasteiger charge is -2.36. The van der Waals surface area contributed by atoms with Crippen LogP contribution < -0.4 is 15.1 Å². The van der Waals surface area contributed by atoms with Gasteiger partial charge in [-0.05, 0) is 36.6 Å². The van der Waals surface area contributed by atoms with Crippen molar-refractivity contribution in [2.24, 2.45) is 0 Å². The molecule has 2 saturated heterocycles. The fraction of sp³-hybridized carbons (Fsp3) is 0.375. The molecule has 3 amide bonds. The molecule has 1 N–H and O–H groups in total. The van der Waals surface area contributed by atoms with E-state index in [-0.39, 0.29) is 24.9 Å². The van der Waals surface area contributed by atoms with Crippen molar-refractivity contribution in [2.45, 2.75) is 19.6 Å². The highest BCUT2D eigenvalue weighted by Gasteiger charge is 2.33. The summed E-state index contributed by atoms with van der Waals surface area (Å²) in [4.78, 5) is 42.5. The third-order valence-electron chi connectivity index (χ3n) is 6.28. The molecular weight excluding hydrogens is 501 g/mol. The number of thiophene rings is 1. The maximum Gasteiger partial charge on any atom is 0.414 e. The number of piperazine rings is 1. The summed E-state index contributed by atoms with van der Waals surface area (Å²) in [6, 6.07) is 8.15. The van der Waals surface area contributed by atoms with E-state index in [9.17, 15) is 14.4 Å². The molecule has 2 aliphatic rings. The number of carbonyl (C=O) groups excluding carboxylic acids is 3. The quantitative estimate of drug-likeness (QED) is 0.499. The Bertz CT molecular complexity index is 1290. The van der Waals surface area contributed by atoms with Gasteiger partial charge in [-0.15, -0.1) is 16.4 Å². The largest absolute Gasteiger partial charge is 0.442 e. The summed E-state index contributed by atoms with van der Waals surface area (Å²) in [6.07, 6.45) is 0.809. The molecule has 11 nitrogen and oxygen atoms in total. The number of rotatable bonds is 7. The highest BCUT2D eigenvalue weighted by molar-refractivity contribution is 7.12. The minimum atomic E-state index is -0.535. The zero-order valence-corrected chi connectivity index (χ0v) is 21.0. The lowest BCUT2D eigenvalue weighted by Crippen LogP contribution is -2.51. The summed E-state index contributed by atoms with van der Waals surface area (Å²) < 4.78 is 22.1. The second-order valence-electron chi connectivity index (χ2n) is 8.86. The first-order chi connectivity index (χ1) is 17.9. The maximum absolute atomic E-state index is 15.1. The van der Waals surface area contributed by atoms with E-state index in [1.165, 1.54) is 22.3 Å². The Morgan fingerprint density at radius 2 is 2.03 bits per heavy atom. The van der Waals surface area contributed by atoms with Gasteiger partial charge in [0.1, 0.15) is 11.9 Å². The van der Waals surface area contributed by atoms with Crippen LogP contribution in [0.1, 0.15) is 15.4 Å². The Hall–Kier alpha value is -4.00. The highest BCUT2D eigenvalue weighted by atomic mass is 32.1. The Balaban J connectivity index is 1.14. The molecule has 1 aromatic carbocycles. The lowest BCUT2D eigenvalue weighted by atomic mass is 10.2. The molecule has 2 aliphatic heterocycles. The first kappa shape index (κ1) is 24.7. The molecule has 0 saturated carbocycles. The van der Waals surface area contributed by atoms with Gasteiger partial charge in [0.05, 0.1) is 41.6 Å². The number of nitrogens with one attached hydrogen (secondary N) is 1. The highest BCUT2D eigenvalue weighted by Crippen LogP contribution is 2.29. The molecule has 0 spiro atoms. The van der Waals surface area contributed by atoms with Gasteiger partial charge in [-0.2, -0.15) is 0 Å². The van der Waals surface area contributed by atoms with Crippen LogP contribution in [-0.4, -0.2) is 83.2 Å². The van der Waals surface area contributed by atoms with Crippen LogP contribution in [-0.2, 0) is 16.1 Å². The summed E-state index contributed by atoms with van der Waals surface area (Å²) in [5.41, 5.74) is 1.59. The number of aryl methyl sites for hydroxylation is 1. The first-order valence-electron chi connectivity index (χ1n) is 11.9. The van der Waals surface area contributed by atoms with Crippen molar-refractivity contribution in [3.63, 3.8) is 0 Å². The van der Waals surface area contributed by atoms with Crippen molar-refractivity contribution in [3.05, 3.63) is 58.3 Å². The first-order valence-corrected chi connectivity index (χ1v) is 12.7. The summed E-state index contributed by atoms with van der Waals surface area (Å²) in [6.45, 7) is 4.12. The minimum Gasteiger partial charge on any atom is -0.442 e. The molecule has 1 atom stereocenters. The molecule has 194 valence electrons. The molecular formula is C24H26FN7O4S. The third kappa shape index (κ3) is 5.56. The monoisotopic (exact) mass is 527 g/mol. The van der Waals surface area contributed by atoms with Crippen molar-refractivity contribution in [3.8, 4) is 0 Å². The van der Waals surface area contributed by atoms with Gasteiger partial charge in [0.15, 0.2) is 0 Å². The molecule has 0 unspecified atom stereocenters. The second kappa shape index (κ2) is 10.5. The van der Waals surface area contributed by atoms with E-state index in [2.05, 4.69) is 15.6 Å². The van der Waals surface area contributed by atoms with E-state index < -0.39 is 18.0 Å². The summed E-state index contributed by atoms with van der Waals surface area (Å²) in [5.74, 6) is -0.905. The lowest BCUT2D eigenvalue weighted by molar-refractivity contribution is -0.130. The van der Waals surface area contributed by atoms with Crippen molar-refractivity contribution in [1.29, 1.82) is 0 Å². The molecule has 3 aromatic rings. The van der Waals surface area contributed by atoms with E-state index in [0.717, 1.165) is 5.69 Å². The van der Waals surface area contributed by atoms with E-state index in [0.29, 0.717) is 49.0 Å². The van der Waals surface area contributed by atoms with Crippen LogP contribution >= 0.6 is 11.3 Å². The number of benzene rings is 1. The zero-order valence-electron chi connectivity index (χ0n) is 20.2. The number of aromatic nitrogens is 3. The second-order valence-corrected chi connectivity index (χ2v) is 9.81. The number of hydrogen-bond donors (Lipinski definition) is 1. The van der Waals surface area contributed by atoms with Crippen LogP contribution in [0.5, 0.6) is 0 Å². The van der Waals surface area contributed by atoms with Gasteiger partial charge in [0.25, 0.3) is 5.91 Å². The van der Waals surface area contributed by atoms with Gasteiger partial charge in [-0.3, -0.25) is 14.5 Å². The Kier molecular flexibility index (Phi) is 7.04. The number of carbonyl (C=O) groups is 3. The summed E-state index contributed by atoms with van der Waals surface area (Å²) >= 11 is 1.31. The van der Waals surface area contributed by atoms with Crippen LogP contribution in [0, 0.1) is 12.7 Å². The summed E-state index contributed by atoms with van der Waals surface area (Å²) in [5, 5.41) is 12.3. The predicted octanol–water partition coefficient (Wildman–Crippen LogP) is 1.89. The number of nitrogens with zero attached hydrogens (tertiary/aromatic N) is 6. The smallest absolute Gasteiger partial charge is 0.414 e. The van der Waals surface area contributed by atoms with Crippen molar-refractivity contribution < 1.29 is 23.5 Å². The number of cyclic esters (lactones) is 1. The standard InChI is InChI=1S/C24H26FN7O4S/c1-16-13-31(28-27-16)14-18-15-32(24(35)36-18)17-4-5-20(19(25)11-17)29-6-8-30(9-7-29)22(33)12-26-23(34)21-3-2-10-37-21/h2-5,10-11,13,18H,6-9,12,14-15H2,1H3,(H,26,34)/t18-/m0/s1. The topological polar surface area (TPSA) is 113 Å². The Morgan fingerprint density at radius 1 is 1.22 bits per heavy atom. The molecule has 4 heterocycles. The number of ether oxygens (including phenoxy) is 1. The molecule has 5 rings (SSSR count). The van der Waals surface area contributed by atoms with Gasteiger partial charge >= 0.3 is 6.09 Å².